The second-order valence-corrected chi connectivity index (χ2v) is 8.62. The molecule has 0 aliphatic heterocycles. The van der Waals surface area contributed by atoms with Crippen LogP contribution in [0.1, 0.15) is 46.4 Å². The van der Waals surface area contributed by atoms with Crippen molar-refractivity contribution >= 4 is 35.2 Å². The van der Waals surface area contributed by atoms with Gasteiger partial charge in [0.05, 0.1) is 17.4 Å². The van der Waals surface area contributed by atoms with Crippen LogP contribution in [0, 0.1) is 5.92 Å². The summed E-state index contributed by atoms with van der Waals surface area (Å²) in [6.07, 6.45) is 0. The molecule has 0 saturated carbocycles. The summed E-state index contributed by atoms with van der Waals surface area (Å²) < 4.78 is 1.77. The zero-order valence-corrected chi connectivity index (χ0v) is 19.3. The van der Waals surface area contributed by atoms with E-state index in [9.17, 15) is 14.4 Å². The number of anilines is 1. The molecule has 9 nitrogen and oxygen atoms in total. The molecular formula is C23H25N5O4S. The highest BCUT2D eigenvalue weighted by atomic mass is 32.2. The van der Waals surface area contributed by atoms with Gasteiger partial charge in [-0.15, -0.1) is 10.2 Å². The maximum absolute atomic E-state index is 12.6. The van der Waals surface area contributed by atoms with Gasteiger partial charge in [0.1, 0.15) is 0 Å². The van der Waals surface area contributed by atoms with Crippen LogP contribution in [0.2, 0.25) is 0 Å². The molecule has 0 unspecified atom stereocenters. The van der Waals surface area contributed by atoms with E-state index in [-0.39, 0.29) is 35.1 Å². The maximum Gasteiger partial charge on any atom is 0.335 e. The topological polar surface area (TPSA) is 126 Å². The third-order valence-electron chi connectivity index (χ3n) is 4.88. The van der Waals surface area contributed by atoms with Gasteiger partial charge in [-0.1, -0.05) is 43.8 Å². The molecule has 10 heteroatoms. The lowest BCUT2D eigenvalue weighted by Gasteiger charge is -2.21. The minimum atomic E-state index is -1.03. The van der Waals surface area contributed by atoms with Gasteiger partial charge in [-0.2, -0.15) is 0 Å². The molecular weight excluding hydrogens is 442 g/mol. The summed E-state index contributed by atoms with van der Waals surface area (Å²) in [6.45, 7) is 3.97. The van der Waals surface area contributed by atoms with Crippen molar-refractivity contribution in [3.05, 3.63) is 71.5 Å². The fourth-order valence-electron chi connectivity index (χ4n) is 3.09. The molecule has 0 saturated heterocycles. The molecule has 172 valence electrons. The van der Waals surface area contributed by atoms with Crippen LogP contribution in [0.4, 0.5) is 5.69 Å². The molecule has 3 N–H and O–H groups in total. The number of rotatable bonds is 9. The molecule has 0 spiro atoms. The number of hydrogen-bond acceptors (Lipinski definition) is 6. The van der Waals surface area contributed by atoms with Crippen LogP contribution < -0.4 is 10.6 Å². The van der Waals surface area contributed by atoms with E-state index in [1.807, 2.05) is 32.0 Å². The van der Waals surface area contributed by atoms with Gasteiger partial charge >= 0.3 is 5.97 Å². The predicted octanol–water partition coefficient (Wildman–Crippen LogP) is 3.37. The summed E-state index contributed by atoms with van der Waals surface area (Å²) in [4.78, 5) is 35.9. The van der Waals surface area contributed by atoms with Gasteiger partial charge in [0, 0.05) is 18.3 Å². The molecule has 0 aliphatic carbocycles. The monoisotopic (exact) mass is 467 g/mol. The van der Waals surface area contributed by atoms with Crippen LogP contribution >= 0.6 is 11.8 Å². The molecule has 0 bridgehead atoms. The van der Waals surface area contributed by atoms with Crippen molar-refractivity contribution in [1.29, 1.82) is 0 Å². The number of carbonyl (C=O) groups is 3. The van der Waals surface area contributed by atoms with Gasteiger partial charge in [-0.25, -0.2) is 4.79 Å². The Morgan fingerprint density at radius 3 is 2.27 bits per heavy atom. The third-order valence-corrected chi connectivity index (χ3v) is 5.90. The quantitative estimate of drug-likeness (QED) is 0.412. The van der Waals surface area contributed by atoms with Crippen molar-refractivity contribution < 1.29 is 19.5 Å². The Hall–Kier alpha value is -3.66. The van der Waals surface area contributed by atoms with Crippen LogP contribution in [0.15, 0.2) is 59.8 Å². The predicted molar refractivity (Wildman–Crippen MR) is 125 cm³/mol. The highest BCUT2D eigenvalue weighted by Crippen LogP contribution is 2.24. The largest absolute Gasteiger partial charge is 0.478 e. The first-order chi connectivity index (χ1) is 15.8. The zero-order chi connectivity index (χ0) is 24.0. The number of aromatic carboxylic acids is 1. The average molecular weight is 468 g/mol. The number of aromatic nitrogens is 3. The second kappa shape index (κ2) is 10.8. The van der Waals surface area contributed by atoms with Crippen LogP contribution in [0.3, 0.4) is 0 Å². The number of carboxylic acids is 1. The fraction of sp³-hybridized carbons (Fsp3) is 0.261. The van der Waals surface area contributed by atoms with Crippen molar-refractivity contribution in [2.75, 3.05) is 11.1 Å². The van der Waals surface area contributed by atoms with Crippen LogP contribution in [-0.2, 0) is 11.8 Å². The van der Waals surface area contributed by atoms with Gasteiger partial charge in [0.2, 0.25) is 5.91 Å². The molecule has 0 fully saturated rings. The molecule has 33 heavy (non-hydrogen) atoms. The smallest absolute Gasteiger partial charge is 0.335 e. The molecule has 3 rings (SSSR count). The van der Waals surface area contributed by atoms with Gasteiger partial charge in [-0.05, 0) is 42.3 Å². The van der Waals surface area contributed by atoms with E-state index in [0.717, 1.165) is 0 Å². The second-order valence-electron chi connectivity index (χ2n) is 7.68. The molecule has 1 atom stereocenters. The van der Waals surface area contributed by atoms with E-state index in [1.165, 1.54) is 36.0 Å². The molecule has 2 amide bonds. The summed E-state index contributed by atoms with van der Waals surface area (Å²) >= 11 is 1.22. The average Bonchev–Trinajstić information content (AvgIpc) is 3.16. The Morgan fingerprint density at radius 2 is 1.67 bits per heavy atom. The minimum Gasteiger partial charge on any atom is -0.478 e. The SMILES string of the molecule is CC(C)[C@H](NC(=O)c1ccccc1)c1nnc(SCC(=O)Nc2ccc(C(=O)O)cc2)n1C. The molecule has 0 radical (unpaired) electrons. The van der Waals surface area contributed by atoms with Crippen LogP contribution in [0.5, 0.6) is 0 Å². The summed E-state index contributed by atoms with van der Waals surface area (Å²) in [5.74, 6) is -0.724. The van der Waals surface area contributed by atoms with E-state index < -0.39 is 5.97 Å². The first-order valence-corrected chi connectivity index (χ1v) is 11.3. The number of thioether (sulfide) groups is 1. The molecule has 1 aromatic heterocycles. The maximum atomic E-state index is 12.6. The van der Waals surface area contributed by atoms with E-state index >= 15 is 0 Å². The van der Waals surface area contributed by atoms with Gasteiger partial charge in [0.15, 0.2) is 11.0 Å². The number of carbonyl (C=O) groups excluding carboxylic acids is 2. The summed E-state index contributed by atoms with van der Waals surface area (Å²) in [5.41, 5.74) is 1.22. The number of amides is 2. The highest BCUT2D eigenvalue weighted by Gasteiger charge is 2.25. The fourth-order valence-corrected chi connectivity index (χ4v) is 3.81. The molecule has 0 aliphatic rings. The lowest BCUT2D eigenvalue weighted by atomic mass is 10.0. The van der Waals surface area contributed by atoms with Crippen molar-refractivity contribution in [1.82, 2.24) is 20.1 Å². The Balaban J connectivity index is 1.63. The molecule has 2 aromatic carbocycles. The normalized spacial score (nSPS) is 11.8. The summed E-state index contributed by atoms with van der Waals surface area (Å²) in [5, 5.41) is 23.7. The van der Waals surface area contributed by atoms with E-state index in [2.05, 4.69) is 20.8 Å². The standard InChI is InChI=1S/C23H25N5O4S/c1-14(2)19(25-21(30)15-7-5-4-6-8-15)20-26-27-23(28(20)3)33-13-18(29)24-17-11-9-16(10-12-17)22(31)32/h4-12,14,19H,13H2,1-3H3,(H,24,29)(H,25,30)(H,31,32)/t19-/m0/s1. The number of nitrogens with one attached hydrogen (secondary N) is 2. The number of nitrogens with zero attached hydrogens (tertiary/aromatic N) is 3. The first-order valence-electron chi connectivity index (χ1n) is 10.3. The van der Waals surface area contributed by atoms with E-state index in [1.54, 1.807) is 23.7 Å². The summed E-state index contributed by atoms with van der Waals surface area (Å²) in [6, 6.07) is 14.5. The van der Waals surface area contributed by atoms with Gasteiger partial charge < -0.3 is 20.3 Å². The van der Waals surface area contributed by atoms with Crippen molar-refractivity contribution in [3.63, 3.8) is 0 Å². The Labute approximate surface area is 195 Å². The van der Waals surface area contributed by atoms with Crippen molar-refractivity contribution in [2.24, 2.45) is 13.0 Å². The Morgan fingerprint density at radius 1 is 1.00 bits per heavy atom. The highest BCUT2D eigenvalue weighted by molar-refractivity contribution is 7.99. The first kappa shape index (κ1) is 24.0. The van der Waals surface area contributed by atoms with Gasteiger partial charge in [0.25, 0.3) is 5.91 Å². The van der Waals surface area contributed by atoms with Gasteiger partial charge in [-0.3, -0.25) is 9.59 Å². The molecule has 3 aromatic rings. The minimum absolute atomic E-state index is 0.0653. The van der Waals surface area contributed by atoms with E-state index in [0.29, 0.717) is 22.2 Å². The zero-order valence-electron chi connectivity index (χ0n) is 18.5. The van der Waals surface area contributed by atoms with Crippen molar-refractivity contribution in [3.8, 4) is 0 Å². The number of benzene rings is 2. The lowest BCUT2D eigenvalue weighted by Crippen LogP contribution is -2.33. The van der Waals surface area contributed by atoms with Crippen LogP contribution in [0.25, 0.3) is 0 Å². The number of carboxylic acid groups (broad SMARTS) is 1. The Kier molecular flexibility index (Phi) is 7.83. The third kappa shape index (κ3) is 6.19. The van der Waals surface area contributed by atoms with E-state index in [4.69, 9.17) is 5.11 Å². The molecule has 1 heterocycles. The lowest BCUT2D eigenvalue weighted by molar-refractivity contribution is -0.113. The summed E-state index contributed by atoms with van der Waals surface area (Å²) in [7, 11) is 1.80. The van der Waals surface area contributed by atoms with Crippen LogP contribution in [-0.4, -0.2) is 43.4 Å². The van der Waals surface area contributed by atoms with Crippen molar-refractivity contribution in [2.45, 2.75) is 25.0 Å². The Bertz CT molecular complexity index is 1130. The number of hydrogen-bond donors (Lipinski definition) is 3.